The van der Waals surface area contributed by atoms with Crippen molar-refractivity contribution in [3.63, 3.8) is 0 Å². The van der Waals surface area contributed by atoms with Crippen molar-refractivity contribution in [2.24, 2.45) is 11.8 Å². The van der Waals surface area contributed by atoms with E-state index >= 15 is 0 Å². The van der Waals surface area contributed by atoms with Crippen LogP contribution in [0.3, 0.4) is 0 Å². The summed E-state index contributed by atoms with van der Waals surface area (Å²) in [6.45, 7) is 5.02. The van der Waals surface area contributed by atoms with E-state index in [0.29, 0.717) is 22.9 Å². The van der Waals surface area contributed by atoms with Crippen LogP contribution in [-0.4, -0.2) is 36.6 Å². The molecule has 0 bridgehead atoms. The van der Waals surface area contributed by atoms with Crippen LogP contribution in [0.25, 0.3) is 0 Å². The summed E-state index contributed by atoms with van der Waals surface area (Å²) in [5, 5.41) is 6.95. The molecule has 0 radical (unpaired) electrons. The van der Waals surface area contributed by atoms with E-state index in [0.717, 1.165) is 25.3 Å². The molecular weight excluding hydrogens is 262 g/mol. The molecule has 1 aromatic carbocycles. The normalized spacial score (nSPS) is 29.4. The molecular formula is C14H18ClN3O. The third kappa shape index (κ3) is 2.42. The quantitative estimate of drug-likeness (QED) is 0.829. The standard InChI is InChI=1S/C14H18ClN3O/c1-9-13-7-16-6-10(13)8-18(9)14(19)17-12-4-2-3-11(15)5-12/h2-5,9-10,13,16H,6-8H2,1H3,(H,17,19). The summed E-state index contributed by atoms with van der Waals surface area (Å²) in [5.41, 5.74) is 0.750. The average molecular weight is 280 g/mol. The van der Waals surface area contributed by atoms with Gasteiger partial charge >= 0.3 is 6.03 Å². The number of anilines is 1. The van der Waals surface area contributed by atoms with Crippen LogP contribution in [0.2, 0.25) is 5.02 Å². The van der Waals surface area contributed by atoms with E-state index in [2.05, 4.69) is 17.6 Å². The van der Waals surface area contributed by atoms with Gasteiger partial charge in [0.15, 0.2) is 0 Å². The van der Waals surface area contributed by atoms with Crippen LogP contribution in [0.1, 0.15) is 6.92 Å². The maximum atomic E-state index is 12.3. The van der Waals surface area contributed by atoms with E-state index in [1.165, 1.54) is 0 Å². The molecule has 3 unspecified atom stereocenters. The maximum absolute atomic E-state index is 12.3. The fraction of sp³-hybridized carbons (Fsp3) is 0.500. The van der Waals surface area contributed by atoms with Gasteiger partial charge in [0.05, 0.1) is 0 Å². The SMILES string of the molecule is CC1C2CNCC2CN1C(=O)Nc1cccc(Cl)c1. The lowest BCUT2D eigenvalue weighted by molar-refractivity contribution is 0.203. The van der Waals surface area contributed by atoms with Crippen molar-refractivity contribution < 1.29 is 4.79 Å². The molecule has 2 N–H and O–H groups in total. The van der Waals surface area contributed by atoms with E-state index in [9.17, 15) is 4.79 Å². The summed E-state index contributed by atoms with van der Waals surface area (Å²) in [7, 11) is 0. The molecule has 5 heteroatoms. The van der Waals surface area contributed by atoms with Crippen LogP contribution in [0.5, 0.6) is 0 Å². The van der Waals surface area contributed by atoms with Gasteiger partial charge in [0.25, 0.3) is 0 Å². The van der Waals surface area contributed by atoms with Crippen LogP contribution in [0, 0.1) is 11.8 Å². The molecule has 2 fully saturated rings. The van der Waals surface area contributed by atoms with Gasteiger partial charge in [-0.1, -0.05) is 17.7 Å². The minimum atomic E-state index is -0.0239. The average Bonchev–Trinajstić information content (AvgIpc) is 2.93. The van der Waals surface area contributed by atoms with Crippen LogP contribution < -0.4 is 10.6 Å². The van der Waals surface area contributed by atoms with Gasteiger partial charge in [-0.15, -0.1) is 0 Å². The Bertz CT molecular complexity index is 493. The number of hydrogen-bond donors (Lipinski definition) is 2. The second-order valence-electron chi connectivity index (χ2n) is 5.42. The van der Waals surface area contributed by atoms with Crippen LogP contribution in [-0.2, 0) is 0 Å². The monoisotopic (exact) mass is 279 g/mol. The lowest BCUT2D eigenvalue weighted by Gasteiger charge is -2.24. The molecule has 19 heavy (non-hydrogen) atoms. The molecule has 3 rings (SSSR count). The van der Waals surface area contributed by atoms with Gasteiger partial charge in [-0.2, -0.15) is 0 Å². The minimum Gasteiger partial charge on any atom is -0.321 e. The molecule has 0 spiro atoms. The zero-order valence-electron chi connectivity index (χ0n) is 10.9. The highest BCUT2D eigenvalue weighted by atomic mass is 35.5. The molecule has 0 aromatic heterocycles. The highest BCUT2D eigenvalue weighted by Gasteiger charge is 2.43. The lowest BCUT2D eigenvalue weighted by Crippen LogP contribution is -2.40. The number of nitrogens with zero attached hydrogens (tertiary/aromatic N) is 1. The van der Waals surface area contributed by atoms with Crippen LogP contribution in [0.4, 0.5) is 10.5 Å². The predicted octanol–water partition coefficient (Wildman–Crippen LogP) is 2.41. The Morgan fingerprint density at radius 2 is 2.32 bits per heavy atom. The highest BCUT2D eigenvalue weighted by molar-refractivity contribution is 6.30. The number of urea groups is 1. The van der Waals surface area contributed by atoms with E-state index in [1.54, 1.807) is 12.1 Å². The van der Waals surface area contributed by atoms with E-state index < -0.39 is 0 Å². The number of amides is 2. The van der Waals surface area contributed by atoms with Crippen molar-refractivity contribution in [3.8, 4) is 0 Å². The number of carbonyl (C=O) groups excluding carboxylic acids is 1. The molecule has 3 atom stereocenters. The molecule has 1 aromatic rings. The van der Waals surface area contributed by atoms with Gasteiger partial charge in [0, 0.05) is 36.4 Å². The first-order valence-corrected chi connectivity index (χ1v) is 7.07. The first kappa shape index (κ1) is 12.8. The number of rotatable bonds is 1. The largest absolute Gasteiger partial charge is 0.322 e. The first-order chi connectivity index (χ1) is 9.15. The van der Waals surface area contributed by atoms with E-state index in [1.807, 2.05) is 17.0 Å². The fourth-order valence-corrected chi connectivity index (χ4v) is 3.39. The Balaban J connectivity index is 1.68. The number of nitrogens with one attached hydrogen (secondary N) is 2. The molecule has 102 valence electrons. The third-order valence-corrected chi connectivity index (χ3v) is 4.51. The number of hydrogen-bond acceptors (Lipinski definition) is 2. The molecule has 2 aliphatic rings. The topological polar surface area (TPSA) is 44.4 Å². The van der Waals surface area contributed by atoms with Crippen molar-refractivity contribution in [2.45, 2.75) is 13.0 Å². The summed E-state index contributed by atoms with van der Waals surface area (Å²) >= 11 is 5.92. The number of benzene rings is 1. The van der Waals surface area contributed by atoms with E-state index in [-0.39, 0.29) is 6.03 Å². The van der Waals surface area contributed by atoms with Crippen molar-refractivity contribution in [2.75, 3.05) is 25.0 Å². The van der Waals surface area contributed by atoms with Crippen molar-refractivity contribution in [3.05, 3.63) is 29.3 Å². The van der Waals surface area contributed by atoms with Crippen LogP contribution >= 0.6 is 11.6 Å². The molecule has 2 heterocycles. The molecule has 0 saturated carbocycles. The van der Waals surface area contributed by atoms with E-state index in [4.69, 9.17) is 11.6 Å². The highest BCUT2D eigenvalue weighted by Crippen LogP contribution is 2.32. The number of likely N-dealkylation sites (tertiary alicyclic amines) is 1. The number of fused-ring (bicyclic) bond motifs is 1. The summed E-state index contributed by atoms with van der Waals surface area (Å²) in [6.07, 6.45) is 0. The third-order valence-electron chi connectivity index (χ3n) is 4.27. The second-order valence-corrected chi connectivity index (χ2v) is 5.85. The number of carbonyl (C=O) groups is 1. The van der Waals surface area contributed by atoms with Gasteiger partial charge in [-0.3, -0.25) is 0 Å². The Hall–Kier alpha value is -1.26. The summed E-state index contributed by atoms with van der Waals surface area (Å²) < 4.78 is 0. The predicted molar refractivity (Wildman–Crippen MR) is 76.5 cm³/mol. The van der Waals surface area contributed by atoms with Crippen molar-refractivity contribution >= 4 is 23.3 Å². The Labute approximate surface area is 118 Å². The second kappa shape index (κ2) is 5.02. The van der Waals surface area contributed by atoms with Gasteiger partial charge in [-0.25, -0.2) is 4.79 Å². The Kier molecular flexibility index (Phi) is 3.37. The molecule has 4 nitrogen and oxygen atoms in total. The summed E-state index contributed by atoms with van der Waals surface area (Å²) in [5.74, 6) is 1.19. The molecule has 2 amide bonds. The summed E-state index contributed by atoms with van der Waals surface area (Å²) in [4.78, 5) is 14.3. The molecule has 2 saturated heterocycles. The summed E-state index contributed by atoms with van der Waals surface area (Å²) in [6, 6.07) is 7.52. The lowest BCUT2D eigenvalue weighted by atomic mass is 9.95. The fourth-order valence-electron chi connectivity index (χ4n) is 3.20. The molecule has 2 aliphatic heterocycles. The van der Waals surface area contributed by atoms with Gasteiger partial charge in [0.1, 0.15) is 0 Å². The number of halogens is 1. The Morgan fingerprint density at radius 3 is 3.05 bits per heavy atom. The molecule has 0 aliphatic carbocycles. The first-order valence-electron chi connectivity index (χ1n) is 6.69. The van der Waals surface area contributed by atoms with Gasteiger partial charge in [-0.05, 0) is 37.0 Å². The van der Waals surface area contributed by atoms with Crippen molar-refractivity contribution in [1.29, 1.82) is 0 Å². The van der Waals surface area contributed by atoms with Gasteiger partial charge in [0.2, 0.25) is 0 Å². The zero-order valence-corrected chi connectivity index (χ0v) is 11.7. The zero-order chi connectivity index (χ0) is 13.4. The van der Waals surface area contributed by atoms with Crippen LogP contribution in [0.15, 0.2) is 24.3 Å². The smallest absolute Gasteiger partial charge is 0.321 e. The van der Waals surface area contributed by atoms with Gasteiger partial charge < -0.3 is 15.5 Å². The minimum absolute atomic E-state index is 0.0239. The van der Waals surface area contributed by atoms with Crippen molar-refractivity contribution in [1.82, 2.24) is 10.2 Å². The maximum Gasteiger partial charge on any atom is 0.322 e. The Morgan fingerprint density at radius 1 is 1.47 bits per heavy atom.